The molecule has 0 rings (SSSR count). The van der Waals surface area contributed by atoms with Gasteiger partial charge in [-0.05, 0) is 0 Å². The quantitative estimate of drug-likeness (QED) is 0.406. The molecule has 0 spiro atoms. The number of esters is 1. The lowest BCUT2D eigenvalue weighted by Crippen LogP contribution is -2.53. The number of hydrogen-bond donors (Lipinski definition) is 0. The molecular formula is C4H3F5O4S. The third-order valence-corrected chi connectivity index (χ3v) is 2.22. The summed E-state index contributed by atoms with van der Waals surface area (Å²) in [6.45, 7) is 0. The van der Waals surface area contributed by atoms with Crippen molar-refractivity contribution in [2.24, 2.45) is 0 Å². The van der Waals surface area contributed by atoms with Crippen LogP contribution in [0.2, 0.25) is 0 Å². The Morgan fingerprint density at radius 2 is 1.57 bits per heavy atom. The predicted molar refractivity (Wildman–Crippen MR) is 31.9 cm³/mol. The summed E-state index contributed by atoms with van der Waals surface area (Å²) >= 11 is 0. The molecule has 0 aromatic rings. The van der Waals surface area contributed by atoms with E-state index in [0.29, 0.717) is 0 Å². The number of halogens is 5. The van der Waals surface area contributed by atoms with Gasteiger partial charge in [0, 0.05) is 0 Å². The lowest BCUT2D eigenvalue weighted by molar-refractivity contribution is -0.212. The van der Waals surface area contributed by atoms with Gasteiger partial charge >= 0.3 is 27.4 Å². The van der Waals surface area contributed by atoms with Crippen molar-refractivity contribution < 1.29 is 39.4 Å². The van der Waals surface area contributed by atoms with Crippen LogP contribution in [-0.2, 0) is 19.8 Å². The first-order valence-corrected chi connectivity index (χ1v) is 4.15. The summed E-state index contributed by atoms with van der Waals surface area (Å²) in [4.78, 5) is 10.2. The summed E-state index contributed by atoms with van der Waals surface area (Å²) in [7, 11) is -6.51. The van der Waals surface area contributed by atoms with Crippen LogP contribution in [0.1, 0.15) is 0 Å². The zero-order valence-corrected chi connectivity index (χ0v) is 7.25. The predicted octanol–water partition coefficient (Wildman–Crippen LogP) is 0.687. The lowest BCUT2D eigenvalue weighted by Gasteiger charge is -2.20. The van der Waals surface area contributed by atoms with E-state index in [1.165, 1.54) is 0 Å². The van der Waals surface area contributed by atoms with Crippen LogP contribution >= 0.6 is 0 Å². The second kappa shape index (κ2) is 3.33. The Kier molecular flexibility index (Phi) is 3.11. The molecule has 0 aliphatic rings. The van der Waals surface area contributed by atoms with E-state index < -0.39 is 27.4 Å². The summed E-state index contributed by atoms with van der Waals surface area (Å²) in [5, 5.41) is -5.67. The van der Waals surface area contributed by atoms with Crippen LogP contribution in [0.15, 0.2) is 0 Å². The van der Waals surface area contributed by atoms with Crippen molar-refractivity contribution in [1.82, 2.24) is 0 Å². The number of carbonyl (C=O) groups is 1. The molecule has 0 heterocycles. The van der Waals surface area contributed by atoms with Gasteiger partial charge in [0.25, 0.3) is 0 Å². The minimum atomic E-state index is -6.80. The topological polar surface area (TPSA) is 60.4 Å². The first-order valence-electron chi connectivity index (χ1n) is 2.76. The van der Waals surface area contributed by atoms with Crippen LogP contribution in [-0.4, -0.2) is 32.7 Å². The van der Waals surface area contributed by atoms with Gasteiger partial charge in [-0.1, -0.05) is 0 Å². The molecule has 0 saturated heterocycles. The minimum absolute atomic E-state index is 0.285. The number of alkyl halides is 4. The number of carbonyl (C=O) groups excluding carboxylic acids is 1. The first kappa shape index (κ1) is 13.1. The smallest absolute Gasteiger partial charge is 0.451 e. The van der Waals surface area contributed by atoms with Gasteiger partial charge in [-0.2, -0.15) is 21.6 Å². The molecule has 0 aliphatic carbocycles. The molecule has 0 saturated carbocycles. The van der Waals surface area contributed by atoms with Crippen LogP contribution in [0.3, 0.4) is 0 Å². The van der Waals surface area contributed by atoms with Gasteiger partial charge in [0.1, 0.15) is 0 Å². The largest absolute Gasteiger partial charge is 0.465 e. The van der Waals surface area contributed by atoms with Gasteiger partial charge in [-0.25, -0.2) is 9.18 Å². The SMILES string of the molecule is COC(=O)[C@](F)(C(F)(F)F)S(=O)(=O)F. The van der Waals surface area contributed by atoms with E-state index in [1.54, 1.807) is 0 Å². The Bertz CT molecular complexity index is 332. The second-order valence-corrected chi connectivity index (χ2v) is 3.46. The maximum Gasteiger partial charge on any atom is 0.451 e. The molecule has 84 valence electrons. The van der Waals surface area contributed by atoms with Crippen LogP contribution in [0.4, 0.5) is 21.4 Å². The fourth-order valence-electron chi connectivity index (χ4n) is 0.485. The third kappa shape index (κ3) is 1.79. The number of rotatable bonds is 2. The van der Waals surface area contributed by atoms with Crippen LogP contribution < -0.4 is 0 Å². The van der Waals surface area contributed by atoms with Crippen molar-refractivity contribution in [3.63, 3.8) is 0 Å². The van der Waals surface area contributed by atoms with E-state index >= 15 is 0 Å². The first-order chi connectivity index (χ1) is 5.98. The fraction of sp³-hybridized carbons (Fsp3) is 0.750. The maximum absolute atomic E-state index is 12.6. The van der Waals surface area contributed by atoms with Crippen molar-refractivity contribution >= 4 is 16.2 Å². The molecule has 0 bridgehead atoms. The molecule has 14 heavy (non-hydrogen) atoms. The molecule has 10 heteroatoms. The van der Waals surface area contributed by atoms with Crippen molar-refractivity contribution in [2.45, 2.75) is 11.2 Å². The Hall–Kier alpha value is -0.930. The summed E-state index contributed by atoms with van der Waals surface area (Å²) < 4.78 is 82.7. The van der Waals surface area contributed by atoms with Gasteiger partial charge in [-0.3, -0.25) is 0 Å². The van der Waals surface area contributed by atoms with E-state index in [4.69, 9.17) is 0 Å². The second-order valence-electron chi connectivity index (χ2n) is 2.02. The van der Waals surface area contributed by atoms with Crippen molar-refractivity contribution in [2.75, 3.05) is 7.11 Å². The molecule has 1 atom stereocenters. The van der Waals surface area contributed by atoms with Gasteiger partial charge in [0.15, 0.2) is 0 Å². The minimum Gasteiger partial charge on any atom is -0.465 e. The van der Waals surface area contributed by atoms with Crippen LogP contribution in [0.5, 0.6) is 0 Å². The highest BCUT2D eigenvalue weighted by molar-refractivity contribution is 7.88. The summed E-state index contributed by atoms with van der Waals surface area (Å²) in [5.74, 6) is -2.88. The van der Waals surface area contributed by atoms with Gasteiger partial charge in [0.2, 0.25) is 0 Å². The molecular weight excluding hydrogens is 239 g/mol. The highest BCUT2D eigenvalue weighted by Gasteiger charge is 2.73. The molecule has 0 amide bonds. The average molecular weight is 242 g/mol. The highest BCUT2D eigenvalue weighted by Crippen LogP contribution is 2.40. The van der Waals surface area contributed by atoms with Gasteiger partial charge in [0.05, 0.1) is 7.11 Å². The van der Waals surface area contributed by atoms with Crippen molar-refractivity contribution in [1.29, 1.82) is 0 Å². The number of methoxy groups -OCH3 is 1. The number of hydrogen-bond acceptors (Lipinski definition) is 4. The van der Waals surface area contributed by atoms with Crippen molar-refractivity contribution in [3.05, 3.63) is 0 Å². The lowest BCUT2D eigenvalue weighted by atomic mass is 10.4. The third-order valence-electron chi connectivity index (χ3n) is 1.15. The summed E-state index contributed by atoms with van der Waals surface area (Å²) in [6.07, 6.45) is -6.24. The molecule has 4 nitrogen and oxygen atoms in total. The average Bonchev–Trinajstić information content (AvgIpc) is 1.97. The van der Waals surface area contributed by atoms with Gasteiger partial charge < -0.3 is 4.74 Å². The van der Waals surface area contributed by atoms with E-state index in [9.17, 15) is 34.7 Å². The van der Waals surface area contributed by atoms with Crippen LogP contribution in [0, 0.1) is 0 Å². The maximum atomic E-state index is 12.6. The van der Waals surface area contributed by atoms with Gasteiger partial charge in [-0.15, -0.1) is 3.89 Å². The summed E-state index contributed by atoms with van der Waals surface area (Å²) in [6, 6.07) is 0. The Morgan fingerprint density at radius 3 is 1.64 bits per heavy atom. The van der Waals surface area contributed by atoms with E-state index in [0.717, 1.165) is 0 Å². The van der Waals surface area contributed by atoms with E-state index in [2.05, 4.69) is 4.74 Å². The molecule has 0 aromatic carbocycles. The van der Waals surface area contributed by atoms with E-state index in [-0.39, 0.29) is 7.11 Å². The molecule has 0 fully saturated rings. The standard InChI is InChI=1S/C4H3F5O4S/c1-13-2(10)3(5,4(6,7)8)14(9,11)12/h1H3/t3-/m1/s1. The Labute approximate surface area is 74.9 Å². The zero-order valence-electron chi connectivity index (χ0n) is 6.43. The molecule has 0 N–H and O–H groups in total. The molecule has 0 aliphatic heterocycles. The zero-order chi connectivity index (χ0) is 11.8. The van der Waals surface area contributed by atoms with Crippen molar-refractivity contribution in [3.8, 4) is 0 Å². The molecule has 0 radical (unpaired) electrons. The normalized spacial score (nSPS) is 17.3. The fourth-order valence-corrected chi connectivity index (χ4v) is 1.04. The highest BCUT2D eigenvalue weighted by atomic mass is 32.3. The molecule has 0 aromatic heterocycles. The summed E-state index contributed by atoms with van der Waals surface area (Å²) in [5.41, 5.74) is 0. The Balaban J connectivity index is 5.66. The Morgan fingerprint density at radius 1 is 1.21 bits per heavy atom. The number of ether oxygens (including phenoxy) is 1. The monoisotopic (exact) mass is 242 g/mol. The molecule has 0 unspecified atom stereocenters. The van der Waals surface area contributed by atoms with Crippen LogP contribution in [0.25, 0.3) is 0 Å². The van der Waals surface area contributed by atoms with E-state index in [1.807, 2.05) is 0 Å².